The van der Waals surface area contributed by atoms with Crippen LogP contribution in [0.25, 0.3) is 0 Å². The lowest BCUT2D eigenvalue weighted by Gasteiger charge is -2.31. The van der Waals surface area contributed by atoms with Crippen molar-refractivity contribution in [2.24, 2.45) is 9.98 Å². The number of benzene rings is 1. The summed E-state index contributed by atoms with van der Waals surface area (Å²) in [7, 11) is 0. The topological polar surface area (TPSA) is 87.3 Å². The number of amides is 1. The van der Waals surface area contributed by atoms with Gasteiger partial charge in [-0.1, -0.05) is 0 Å². The predicted octanol–water partition coefficient (Wildman–Crippen LogP) is 1.54. The van der Waals surface area contributed by atoms with E-state index < -0.39 is 0 Å². The first-order valence-electron chi connectivity index (χ1n) is 10.4. The third kappa shape index (κ3) is 3.24. The first-order valence-corrected chi connectivity index (χ1v) is 10.4. The van der Waals surface area contributed by atoms with Crippen LogP contribution in [0.2, 0.25) is 0 Å². The number of amidine groups is 1. The minimum atomic E-state index is -0.213. The number of anilines is 1. The summed E-state index contributed by atoms with van der Waals surface area (Å²) in [5.41, 5.74) is 4.28. The van der Waals surface area contributed by atoms with E-state index in [4.69, 9.17) is 9.73 Å². The van der Waals surface area contributed by atoms with Gasteiger partial charge in [0.05, 0.1) is 31.1 Å². The predicted molar refractivity (Wildman–Crippen MR) is 115 cm³/mol. The van der Waals surface area contributed by atoms with E-state index in [1.165, 1.54) is 0 Å². The molecule has 156 valence electrons. The van der Waals surface area contributed by atoms with Crippen molar-refractivity contribution in [2.45, 2.75) is 20.4 Å². The number of carbonyl (C=O) groups is 1. The molecule has 9 heteroatoms. The number of guanidine groups is 1. The summed E-state index contributed by atoms with van der Waals surface area (Å²) in [6.45, 7) is 9.04. The van der Waals surface area contributed by atoms with Gasteiger partial charge in [-0.3, -0.25) is 24.7 Å². The number of morpholine rings is 1. The molecule has 3 aliphatic rings. The van der Waals surface area contributed by atoms with Crippen molar-refractivity contribution < 1.29 is 9.53 Å². The van der Waals surface area contributed by atoms with Crippen LogP contribution in [0.4, 0.5) is 11.4 Å². The largest absolute Gasteiger partial charge is 0.378 e. The number of nitrogens with one attached hydrogen (secondary N) is 1. The molecule has 1 amide bonds. The molecule has 4 heterocycles. The minimum Gasteiger partial charge on any atom is -0.378 e. The third-order valence-electron chi connectivity index (χ3n) is 5.58. The van der Waals surface area contributed by atoms with Crippen molar-refractivity contribution in [2.75, 3.05) is 44.3 Å². The van der Waals surface area contributed by atoms with Crippen LogP contribution >= 0.6 is 0 Å². The van der Waals surface area contributed by atoms with Gasteiger partial charge in [0, 0.05) is 37.4 Å². The first-order chi connectivity index (χ1) is 14.6. The summed E-state index contributed by atoms with van der Waals surface area (Å²) in [6.07, 6.45) is 0. The zero-order chi connectivity index (χ0) is 20.7. The SMILES string of the molecule is CCn1nc(C)cc1C(=O)NC1=Nc2cc(N3CCOCC3)ccc2C2=NCCN12. The Labute approximate surface area is 175 Å². The van der Waals surface area contributed by atoms with Crippen molar-refractivity contribution in [3.8, 4) is 0 Å². The number of carbonyl (C=O) groups excluding carboxylic acids is 1. The number of nitrogens with zero attached hydrogens (tertiary/aromatic N) is 6. The molecule has 1 aromatic heterocycles. The highest BCUT2D eigenvalue weighted by molar-refractivity contribution is 6.19. The fourth-order valence-electron chi connectivity index (χ4n) is 4.11. The Hall–Kier alpha value is -3.20. The van der Waals surface area contributed by atoms with E-state index in [-0.39, 0.29) is 5.91 Å². The Kier molecular flexibility index (Phi) is 4.74. The Balaban J connectivity index is 1.47. The number of rotatable bonds is 3. The summed E-state index contributed by atoms with van der Waals surface area (Å²) in [5, 5.41) is 7.37. The summed E-state index contributed by atoms with van der Waals surface area (Å²) in [4.78, 5) is 26.7. The van der Waals surface area contributed by atoms with Crippen LogP contribution < -0.4 is 10.2 Å². The fourth-order valence-corrected chi connectivity index (χ4v) is 4.11. The molecule has 9 nitrogen and oxygen atoms in total. The van der Waals surface area contributed by atoms with Gasteiger partial charge in [-0.05, 0) is 38.1 Å². The molecule has 1 fully saturated rings. The van der Waals surface area contributed by atoms with Gasteiger partial charge in [0.1, 0.15) is 11.5 Å². The summed E-state index contributed by atoms with van der Waals surface area (Å²) >= 11 is 0. The van der Waals surface area contributed by atoms with Crippen molar-refractivity contribution in [3.63, 3.8) is 0 Å². The van der Waals surface area contributed by atoms with Crippen LogP contribution in [0.3, 0.4) is 0 Å². The van der Waals surface area contributed by atoms with Crippen molar-refractivity contribution in [1.82, 2.24) is 20.0 Å². The molecule has 2 aromatic rings. The van der Waals surface area contributed by atoms with Crippen LogP contribution in [0, 0.1) is 6.92 Å². The molecule has 0 aliphatic carbocycles. The number of aromatic nitrogens is 2. The molecule has 0 spiro atoms. The first kappa shape index (κ1) is 18.8. The lowest BCUT2D eigenvalue weighted by molar-refractivity contribution is 0.0963. The van der Waals surface area contributed by atoms with Crippen LogP contribution in [-0.2, 0) is 11.3 Å². The second-order valence-corrected chi connectivity index (χ2v) is 7.53. The molecule has 1 N–H and O–H groups in total. The van der Waals surface area contributed by atoms with E-state index >= 15 is 0 Å². The molecule has 1 aromatic carbocycles. The van der Waals surface area contributed by atoms with Gasteiger partial charge < -0.3 is 9.64 Å². The molecule has 5 rings (SSSR count). The monoisotopic (exact) mass is 407 g/mol. The van der Waals surface area contributed by atoms with E-state index in [0.717, 1.165) is 54.8 Å². The van der Waals surface area contributed by atoms with Gasteiger partial charge >= 0.3 is 0 Å². The maximum absolute atomic E-state index is 13.0. The van der Waals surface area contributed by atoms with Crippen molar-refractivity contribution in [3.05, 3.63) is 41.2 Å². The highest BCUT2D eigenvalue weighted by atomic mass is 16.5. The van der Waals surface area contributed by atoms with Gasteiger partial charge in [-0.2, -0.15) is 5.10 Å². The Bertz CT molecular complexity index is 1050. The van der Waals surface area contributed by atoms with Gasteiger partial charge in [0.15, 0.2) is 0 Å². The molecule has 0 saturated carbocycles. The van der Waals surface area contributed by atoms with Gasteiger partial charge in [0.25, 0.3) is 5.91 Å². The molecule has 30 heavy (non-hydrogen) atoms. The standard InChI is InChI=1S/C21H25N7O2/c1-3-28-18(12-14(2)25-28)20(29)24-21-23-17-13-15(26-8-10-30-11-9-26)4-5-16(17)19-22-6-7-27(19)21/h4-5,12-13H,3,6-11H2,1-2H3,(H,23,24,29). The smallest absolute Gasteiger partial charge is 0.276 e. The van der Waals surface area contributed by atoms with Gasteiger partial charge in [0.2, 0.25) is 5.96 Å². The van der Waals surface area contributed by atoms with Crippen LogP contribution in [-0.4, -0.2) is 71.8 Å². The maximum atomic E-state index is 13.0. The fraction of sp³-hybridized carbons (Fsp3) is 0.429. The van der Waals surface area contributed by atoms with Crippen LogP contribution in [0.1, 0.15) is 28.7 Å². The van der Waals surface area contributed by atoms with E-state index in [1.54, 1.807) is 10.7 Å². The second-order valence-electron chi connectivity index (χ2n) is 7.53. The number of fused-ring (bicyclic) bond motifs is 3. The van der Waals surface area contributed by atoms with Crippen molar-refractivity contribution in [1.29, 1.82) is 0 Å². The normalized spacial score (nSPS) is 17.9. The Morgan fingerprint density at radius 3 is 2.83 bits per heavy atom. The zero-order valence-corrected chi connectivity index (χ0v) is 17.3. The second kappa shape index (κ2) is 7.56. The molecular formula is C21H25N7O2. The van der Waals surface area contributed by atoms with Gasteiger partial charge in [-0.15, -0.1) is 0 Å². The summed E-state index contributed by atoms with van der Waals surface area (Å²) in [6, 6.07) is 8.07. The quantitative estimate of drug-likeness (QED) is 0.834. The summed E-state index contributed by atoms with van der Waals surface area (Å²) < 4.78 is 7.17. The average molecular weight is 407 g/mol. The molecule has 0 unspecified atom stereocenters. The number of ether oxygens (including phenoxy) is 1. The molecule has 1 saturated heterocycles. The highest BCUT2D eigenvalue weighted by Crippen LogP contribution is 2.32. The molecule has 0 radical (unpaired) electrons. The lowest BCUT2D eigenvalue weighted by Crippen LogP contribution is -2.48. The number of aryl methyl sites for hydroxylation is 2. The third-order valence-corrected chi connectivity index (χ3v) is 5.58. The van der Waals surface area contributed by atoms with E-state index in [2.05, 4.69) is 38.5 Å². The number of hydrogen-bond acceptors (Lipinski definition) is 7. The van der Waals surface area contributed by atoms with E-state index in [9.17, 15) is 4.79 Å². The number of aliphatic imine (C=N–C) groups is 2. The Morgan fingerprint density at radius 2 is 2.03 bits per heavy atom. The molecule has 3 aliphatic heterocycles. The molecule has 0 atom stereocenters. The maximum Gasteiger partial charge on any atom is 0.276 e. The van der Waals surface area contributed by atoms with Gasteiger partial charge in [-0.25, -0.2) is 4.99 Å². The van der Waals surface area contributed by atoms with Crippen molar-refractivity contribution >= 4 is 29.1 Å². The van der Waals surface area contributed by atoms with Crippen LogP contribution in [0.5, 0.6) is 0 Å². The summed E-state index contributed by atoms with van der Waals surface area (Å²) in [5.74, 6) is 1.17. The Morgan fingerprint density at radius 1 is 1.20 bits per heavy atom. The number of hydrogen-bond donors (Lipinski definition) is 1. The average Bonchev–Trinajstić information content (AvgIpc) is 3.41. The highest BCUT2D eigenvalue weighted by Gasteiger charge is 2.31. The molecule has 0 bridgehead atoms. The lowest BCUT2D eigenvalue weighted by atomic mass is 10.1. The van der Waals surface area contributed by atoms with E-state index in [0.29, 0.717) is 31.3 Å². The zero-order valence-electron chi connectivity index (χ0n) is 17.3. The minimum absolute atomic E-state index is 0.213. The molecular weight excluding hydrogens is 382 g/mol. The van der Waals surface area contributed by atoms with E-state index in [1.807, 2.05) is 18.7 Å². The van der Waals surface area contributed by atoms with Crippen LogP contribution in [0.15, 0.2) is 34.3 Å².